The molecule has 1 aromatic carbocycles. The molecule has 3 aromatic rings. The number of nitrogens with zero attached hydrogens (tertiary/aromatic N) is 3. The number of benzene rings is 1. The number of pyridine rings is 1. The zero-order valence-electron chi connectivity index (χ0n) is 15.4. The quantitative estimate of drug-likeness (QED) is 0.673. The Hall–Kier alpha value is -1.80. The number of aromatic nitrogens is 2. The van der Waals surface area contributed by atoms with E-state index in [2.05, 4.69) is 15.2 Å². The van der Waals surface area contributed by atoms with Gasteiger partial charge in [-0.25, -0.2) is 17.4 Å². The molecule has 28 heavy (non-hydrogen) atoms. The summed E-state index contributed by atoms with van der Waals surface area (Å²) in [6.45, 7) is 5.37. The highest BCUT2D eigenvalue weighted by Crippen LogP contribution is 2.31. The van der Waals surface area contributed by atoms with Crippen LogP contribution in [0, 0.1) is 0 Å². The van der Waals surface area contributed by atoms with Crippen molar-refractivity contribution in [2.45, 2.75) is 18.2 Å². The van der Waals surface area contributed by atoms with Gasteiger partial charge < -0.3 is 10.2 Å². The Morgan fingerprint density at radius 2 is 1.93 bits per heavy atom. The van der Waals surface area contributed by atoms with Crippen molar-refractivity contribution in [1.29, 1.82) is 0 Å². The van der Waals surface area contributed by atoms with Crippen LogP contribution in [0.1, 0.15) is 12.5 Å². The van der Waals surface area contributed by atoms with E-state index in [-0.39, 0.29) is 17.3 Å². The summed E-state index contributed by atoms with van der Waals surface area (Å²) in [4.78, 5) is 6.95. The van der Waals surface area contributed by atoms with Crippen LogP contribution in [-0.2, 0) is 16.4 Å². The fraction of sp³-hybridized carbons (Fsp3) is 0.316. The molecule has 0 spiro atoms. The molecule has 1 saturated heterocycles. The third kappa shape index (κ3) is 3.48. The molecule has 0 radical (unpaired) electrons. The monoisotopic (exact) mass is 440 g/mol. The molecule has 0 saturated carbocycles. The Morgan fingerprint density at radius 3 is 2.64 bits per heavy atom. The lowest BCUT2D eigenvalue weighted by Crippen LogP contribution is -2.43. The Morgan fingerprint density at radius 1 is 1.18 bits per heavy atom. The molecule has 9 heteroatoms. The number of nitrogens with one attached hydrogen (secondary N) is 1. The summed E-state index contributed by atoms with van der Waals surface area (Å²) in [5.41, 5.74) is 1.26. The van der Waals surface area contributed by atoms with Gasteiger partial charge in [-0.15, -0.1) is 12.4 Å². The molecule has 3 heterocycles. The first-order valence-electron chi connectivity index (χ1n) is 8.98. The fourth-order valence-electron chi connectivity index (χ4n) is 3.59. The van der Waals surface area contributed by atoms with Gasteiger partial charge in [0.05, 0.1) is 10.4 Å². The van der Waals surface area contributed by atoms with Gasteiger partial charge in [0.25, 0.3) is 10.0 Å². The predicted octanol–water partition coefficient (Wildman–Crippen LogP) is 3.32. The van der Waals surface area contributed by atoms with Crippen LogP contribution >= 0.6 is 24.0 Å². The second kappa shape index (κ2) is 8.29. The third-order valence-corrected chi connectivity index (χ3v) is 7.07. The van der Waals surface area contributed by atoms with Crippen molar-refractivity contribution >= 4 is 50.8 Å². The highest BCUT2D eigenvalue weighted by Gasteiger charge is 2.24. The van der Waals surface area contributed by atoms with Crippen LogP contribution < -0.4 is 10.2 Å². The van der Waals surface area contributed by atoms with Crippen LogP contribution in [0.25, 0.3) is 10.9 Å². The molecule has 1 aliphatic rings. The van der Waals surface area contributed by atoms with Crippen LogP contribution in [0.4, 0.5) is 5.82 Å². The first-order chi connectivity index (χ1) is 13.0. The molecule has 1 fully saturated rings. The summed E-state index contributed by atoms with van der Waals surface area (Å²) in [6, 6.07) is 8.58. The maximum Gasteiger partial charge on any atom is 0.268 e. The predicted molar refractivity (Wildman–Crippen MR) is 115 cm³/mol. The number of halogens is 2. The standard InChI is InChI=1S/C19H21ClN4O2S.ClH/c1-2-14-16(20)4-3-5-18(14)27(25,26)24-11-7-15-17(24)6-8-22-19(15)23-12-9-21-10-13-23;/h3-8,11,21H,2,9-10,12-13H2,1H3;1H. The lowest BCUT2D eigenvalue weighted by molar-refractivity contribution is 0.586. The smallest absolute Gasteiger partial charge is 0.268 e. The van der Waals surface area contributed by atoms with Crippen LogP contribution in [0.5, 0.6) is 0 Å². The zero-order chi connectivity index (χ0) is 19.0. The maximum absolute atomic E-state index is 13.4. The van der Waals surface area contributed by atoms with Crippen LogP contribution in [0.3, 0.4) is 0 Å². The Balaban J connectivity index is 0.00000225. The SMILES string of the molecule is CCc1c(Cl)cccc1S(=O)(=O)n1ccc2c(N3CCNCC3)nccc21.Cl. The van der Waals surface area contributed by atoms with Gasteiger partial charge in [-0.05, 0) is 36.2 Å². The molecule has 2 aromatic heterocycles. The summed E-state index contributed by atoms with van der Waals surface area (Å²) < 4.78 is 28.1. The molecule has 0 bridgehead atoms. The average molecular weight is 441 g/mol. The second-order valence-electron chi connectivity index (χ2n) is 6.49. The van der Waals surface area contributed by atoms with Crippen LogP contribution in [-0.4, -0.2) is 43.6 Å². The van der Waals surface area contributed by atoms with Crippen LogP contribution in [0.2, 0.25) is 5.02 Å². The van der Waals surface area contributed by atoms with E-state index < -0.39 is 10.0 Å². The number of hydrogen-bond acceptors (Lipinski definition) is 5. The topological polar surface area (TPSA) is 67.2 Å². The Bertz CT molecular complexity index is 1090. The van der Waals surface area contributed by atoms with Gasteiger partial charge in [-0.3, -0.25) is 0 Å². The van der Waals surface area contributed by atoms with Crippen molar-refractivity contribution in [2.24, 2.45) is 0 Å². The number of rotatable bonds is 4. The molecule has 4 rings (SSSR count). The molecule has 0 aliphatic carbocycles. The summed E-state index contributed by atoms with van der Waals surface area (Å²) in [7, 11) is -3.76. The van der Waals surface area contributed by atoms with Crippen molar-refractivity contribution in [3.05, 3.63) is 53.3 Å². The average Bonchev–Trinajstić information content (AvgIpc) is 3.13. The molecule has 0 amide bonds. The van der Waals surface area contributed by atoms with Gasteiger partial charge in [0.1, 0.15) is 5.82 Å². The number of hydrogen-bond donors (Lipinski definition) is 1. The molecule has 0 atom stereocenters. The van der Waals surface area contributed by atoms with E-state index in [0.29, 0.717) is 22.5 Å². The van der Waals surface area contributed by atoms with Crippen molar-refractivity contribution < 1.29 is 8.42 Å². The fourth-order valence-corrected chi connectivity index (χ4v) is 5.63. The minimum atomic E-state index is -3.76. The zero-order valence-corrected chi connectivity index (χ0v) is 17.8. The number of anilines is 1. The van der Waals surface area contributed by atoms with E-state index in [1.165, 1.54) is 3.97 Å². The number of piperazine rings is 1. The molecular weight excluding hydrogens is 419 g/mol. The molecular formula is C19H22Cl2N4O2S. The van der Waals surface area contributed by atoms with Crippen LogP contribution in [0.15, 0.2) is 47.6 Å². The Kier molecular flexibility index (Phi) is 6.19. The number of fused-ring (bicyclic) bond motifs is 1. The maximum atomic E-state index is 13.4. The van der Waals surface area contributed by atoms with E-state index in [1.807, 2.05) is 13.0 Å². The van der Waals surface area contributed by atoms with Gasteiger partial charge >= 0.3 is 0 Å². The van der Waals surface area contributed by atoms with Crippen molar-refractivity contribution in [1.82, 2.24) is 14.3 Å². The highest BCUT2D eigenvalue weighted by atomic mass is 35.5. The molecule has 6 nitrogen and oxygen atoms in total. The lowest BCUT2D eigenvalue weighted by atomic mass is 10.2. The summed E-state index contributed by atoms with van der Waals surface area (Å²) in [5, 5.41) is 4.63. The molecule has 1 aliphatic heterocycles. The normalized spacial score (nSPS) is 14.9. The van der Waals surface area contributed by atoms with E-state index in [4.69, 9.17) is 11.6 Å². The van der Waals surface area contributed by atoms with Crippen molar-refractivity contribution in [3.8, 4) is 0 Å². The van der Waals surface area contributed by atoms with Gasteiger partial charge in [-0.2, -0.15) is 0 Å². The second-order valence-corrected chi connectivity index (χ2v) is 8.68. The van der Waals surface area contributed by atoms with E-state index in [1.54, 1.807) is 36.7 Å². The molecule has 0 unspecified atom stereocenters. The van der Waals surface area contributed by atoms with Gasteiger partial charge in [0.2, 0.25) is 0 Å². The van der Waals surface area contributed by atoms with Gasteiger partial charge in [-0.1, -0.05) is 24.6 Å². The summed E-state index contributed by atoms with van der Waals surface area (Å²) in [6.07, 6.45) is 3.82. The highest BCUT2D eigenvalue weighted by molar-refractivity contribution is 7.90. The van der Waals surface area contributed by atoms with E-state index >= 15 is 0 Å². The van der Waals surface area contributed by atoms with E-state index in [0.717, 1.165) is 37.4 Å². The molecule has 150 valence electrons. The van der Waals surface area contributed by atoms with Crippen molar-refractivity contribution in [3.63, 3.8) is 0 Å². The van der Waals surface area contributed by atoms with Crippen molar-refractivity contribution in [2.75, 3.05) is 31.1 Å². The minimum absolute atomic E-state index is 0. The largest absolute Gasteiger partial charge is 0.354 e. The summed E-state index contributed by atoms with van der Waals surface area (Å²) >= 11 is 6.25. The first kappa shape index (κ1) is 20.9. The van der Waals surface area contributed by atoms with Gasteiger partial charge in [0.15, 0.2) is 0 Å². The first-order valence-corrected chi connectivity index (χ1v) is 10.8. The lowest BCUT2D eigenvalue weighted by Gasteiger charge is -2.28. The Labute approximate surface area is 176 Å². The minimum Gasteiger partial charge on any atom is -0.354 e. The third-order valence-electron chi connectivity index (χ3n) is 4.94. The van der Waals surface area contributed by atoms with E-state index in [9.17, 15) is 8.42 Å². The van der Waals surface area contributed by atoms with Gasteiger partial charge in [0, 0.05) is 49.0 Å². The summed E-state index contributed by atoms with van der Waals surface area (Å²) in [5.74, 6) is 0.824. The molecule has 1 N–H and O–H groups in total.